The van der Waals surface area contributed by atoms with Crippen LogP contribution in [0.25, 0.3) is 10.8 Å². The number of likely N-dealkylation sites (tertiary alicyclic amines) is 1. The van der Waals surface area contributed by atoms with Gasteiger partial charge in [0.05, 0.1) is 5.56 Å². The van der Waals surface area contributed by atoms with Gasteiger partial charge in [-0.2, -0.15) is 0 Å². The zero-order chi connectivity index (χ0) is 15.0. The molecule has 110 valence electrons. The van der Waals surface area contributed by atoms with Crippen molar-refractivity contribution in [2.24, 2.45) is 17.7 Å². The zero-order valence-electron chi connectivity index (χ0n) is 12.3. The SMILES string of the molecule is CC1CN(C(=O)c2cnc(NN)c3ccccc23)CC1C. The summed E-state index contributed by atoms with van der Waals surface area (Å²) >= 11 is 0. The summed E-state index contributed by atoms with van der Waals surface area (Å²) in [4.78, 5) is 19.0. The van der Waals surface area contributed by atoms with E-state index in [1.165, 1.54) is 0 Å². The number of rotatable bonds is 2. The van der Waals surface area contributed by atoms with Gasteiger partial charge in [0.25, 0.3) is 5.91 Å². The summed E-state index contributed by atoms with van der Waals surface area (Å²) in [5, 5.41) is 1.75. The molecule has 0 aliphatic carbocycles. The third-order valence-corrected chi connectivity index (χ3v) is 4.44. The fourth-order valence-electron chi connectivity index (χ4n) is 2.94. The van der Waals surface area contributed by atoms with Crippen molar-refractivity contribution in [3.8, 4) is 0 Å². The molecule has 1 aliphatic heterocycles. The minimum atomic E-state index is 0.0541. The number of hydrogen-bond acceptors (Lipinski definition) is 4. The first-order chi connectivity index (χ1) is 10.1. The Balaban J connectivity index is 2.03. The van der Waals surface area contributed by atoms with Gasteiger partial charge in [0, 0.05) is 24.7 Å². The molecule has 5 nitrogen and oxygen atoms in total. The van der Waals surface area contributed by atoms with E-state index >= 15 is 0 Å². The van der Waals surface area contributed by atoms with Gasteiger partial charge >= 0.3 is 0 Å². The number of fused-ring (bicyclic) bond motifs is 1. The van der Waals surface area contributed by atoms with Crippen LogP contribution in [-0.2, 0) is 0 Å². The van der Waals surface area contributed by atoms with Crippen LogP contribution >= 0.6 is 0 Å². The molecule has 2 unspecified atom stereocenters. The minimum absolute atomic E-state index is 0.0541. The molecule has 0 radical (unpaired) electrons. The molecule has 0 saturated carbocycles. The van der Waals surface area contributed by atoms with Crippen LogP contribution in [-0.4, -0.2) is 28.9 Å². The molecule has 1 aliphatic rings. The topological polar surface area (TPSA) is 71.2 Å². The number of carbonyl (C=O) groups is 1. The Bertz CT molecular complexity index is 675. The molecular formula is C16H20N4O. The molecule has 2 atom stereocenters. The summed E-state index contributed by atoms with van der Waals surface area (Å²) < 4.78 is 0. The minimum Gasteiger partial charge on any atom is -0.338 e. The first-order valence-corrected chi connectivity index (χ1v) is 7.25. The van der Waals surface area contributed by atoms with E-state index in [4.69, 9.17) is 5.84 Å². The summed E-state index contributed by atoms with van der Waals surface area (Å²) in [5.74, 6) is 7.22. The van der Waals surface area contributed by atoms with Crippen LogP contribution in [0.15, 0.2) is 30.5 Å². The van der Waals surface area contributed by atoms with Gasteiger partial charge in [0.15, 0.2) is 0 Å². The molecule has 2 heterocycles. The molecule has 1 aromatic carbocycles. The number of amides is 1. The highest BCUT2D eigenvalue weighted by molar-refractivity contribution is 6.09. The molecule has 5 heteroatoms. The number of nitrogen functional groups attached to an aromatic ring is 1. The summed E-state index contributed by atoms with van der Waals surface area (Å²) in [6.45, 7) is 6.00. The van der Waals surface area contributed by atoms with Crippen molar-refractivity contribution in [2.75, 3.05) is 18.5 Å². The molecule has 0 bridgehead atoms. The van der Waals surface area contributed by atoms with E-state index in [2.05, 4.69) is 24.3 Å². The summed E-state index contributed by atoms with van der Waals surface area (Å²) in [6, 6.07) is 7.70. The maximum Gasteiger partial charge on any atom is 0.256 e. The van der Waals surface area contributed by atoms with Crippen molar-refractivity contribution in [3.05, 3.63) is 36.0 Å². The van der Waals surface area contributed by atoms with Crippen molar-refractivity contribution in [1.29, 1.82) is 0 Å². The van der Waals surface area contributed by atoms with Crippen LogP contribution < -0.4 is 11.3 Å². The molecule has 1 saturated heterocycles. The second kappa shape index (κ2) is 5.33. The van der Waals surface area contributed by atoms with E-state index in [-0.39, 0.29) is 5.91 Å². The van der Waals surface area contributed by atoms with Crippen LogP contribution in [0.5, 0.6) is 0 Å². The summed E-state index contributed by atoms with van der Waals surface area (Å²) in [5.41, 5.74) is 3.23. The Morgan fingerprint density at radius 2 is 1.86 bits per heavy atom. The van der Waals surface area contributed by atoms with Crippen LogP contribution in [0, 0.1) is 11.8 Å². The smallest absolute Gasteiger partial charge is 0.256 e. The molecule has 21 heavy (non-hydrogen) atoms. The lowest BCUT2D eigenvalue weighted by Crippen LogP contribution is -2.29. The molecule has 1 aromatic heterocycles. The first kappa shape index (κ1) is 13.8. The number of hydrogen-bond donors (Lipinski definition) is 2. The average Bonchev–Trinajstić information content (AvgIpc) is 2.85. The van der Waals surface area contributed by atoms with Gasteiger partial charge in [-0.05, 0) is 17.2 Å². The Morgan fingerprint density at radius 3 is 2.48 bits per heavy atom. The van der Waals surface area contributed by atoms with Gasteiger partial charge in [-0.25, -0.2) is 10.8 Å². The number of carbonyl (C=O) groups excluding carboxylic acids is 1. The van der Waals surface area contributed by atoms with Crippen LogP contribution in [0.1, 0.15) is 24.2 Å². The number of aromatic nitrogens is 1. The van der Waals surface area contributed by atoms with Crippen molar-refractivity contribution >= 4 is 22.5 Å². The number of nitrogens with one attached hydrogen (secondary N) is 1. The van der Waals surface area contributed by atoms with Gasteiger partial charge in [0.2, 0.25) is 0 Å². The van der Waals surface area contributed by atoms with Crippen molar-refractivity contribution < 1.29 is 4.79 Å². The Kier molecular flexibility index (Phi) is 3.51. The fraction of sp³-hybridized carbons (Fsp3) is 0.375. The van der Waals surface area contributed by atoms with Crippen LogP contribution in [0.4, 0.5) is 5.82 Å². The molecule has 1 fully saturated rings. The molecular weight excluding hydrogens is 264 g/mol. The van der Waals surface area contributed by atoms with E-state index < -0.39 is 0 Å². The Morgan fingerprint density at radius 1 is 1.24 bits per heavy atom. The third kappa shape index (κ3) is 2.34. The van der Waals surface area contributed by atoms with Crippen molar-refractivity contribution in [3.63, 3.8) is 0 Å². The van der Waals surface area contributed by atoms with Crippen molar-refractivity contribution in [2.45, 2.75) is 13.8 Å². The zero-order valence-corrected chi connectivity index (χ0v) is 12.3. The first-order valence-electron chi connectivity index (χ1n) is 7.25. The number of nitrogens with zero attached hydrogens (tertiary/aromatic N) is 2. The molecule has 1 amide bonds. The van der Waals surface area contributed by atoms with Gasteiger partial charge in [0.1, 0.15) is 5.82 Å². The number of hydrazine groups is 1. The predicted octanol–water partition coefficient (Wildman–Crippen LogP) is 2.25. The lowest BCUT2D eigenvalue weighted by atomic mass is 10.0. The van der Waals surface area contributed by atoms with Gasteiger partial charge in [-0.1, -0.05) is 38.1 Å². The third-order valence-electron chi connectivity index (χ3n) is 4.44. The second-order valence-corrected chi connectivity index (χ2v) is 5.88. The lowest BCUT2D eigenvalue weighted by Gasteiger charge is -2.17. The maximum atomic E-state index is 12.8. The van der Waals surface area contributed by atoms with Crippen LogP contribution in [0.3, 0.4) is 0 Å². The molecule has 2 aromatic rings. The second-order valence-electron chi connectivity index (χ2n) is 5.88. The normalized spacial score (nSPS) is 21.8. The van der Waals surface area contributed by atoms with E-state index in [1.54, 1.807) is 6.20 Å². The molecule has 3 N–H and O–H groups in total. The average molecular weight is 284 g/mol. The lowest BCUT2D eigenvalue weighted by molar-refractivity contribution is 0.0786. The molecule has 0 spiro atoms. The van der Waals surface area contributed by atoms with Crippen molar-refractivity contribution in [1.82, 2.24) is 9.88 Å². The van der Waals surface area contributed by atoms with E-state index in [1.807, 2.05) is 29.2 Å². The largest absolute Gasteiger partial charge is 0.338 e. The van der Waals surface area contributed by atoms with Gasteiger partial charge < -0.3 is 10.3 Å². The Labute approximate surface area is 124 Å². The highest BCUT2D eigenvalue weighted by Gasteiger charge is 2.30. The van der Waals surface area contributed by atoms with E-state index in [0.29, 0.717) is 23.2 Å². The summed E-state index contributed by atoms with van der Waals surface area (Å²) in [7, 11) is 0. The van der Waals surface area contributed by atoms with E-state index in [0.717, 1.165) is 23.9 Å². The number of anilines is 1. The fourth-order valence-corrected chi connectivity index (χ4v) is 2.94. The maximum absolute atomic E-state index is 12.8. The molecule has 3 rings (SSSR count). The van der Waals surface area contributed by atoms with Crippen LogP contribution in [0.2, 0.25) is 0 Å². The van der Waals surface area contributed by atoms with E-state index in [9.17, 15) is 4.79 Å². The van der Waals surface area contributed by atoms with Gasteiger partial charge in [-0.15, -0.1) is 0 Å². The number of pyridine rings is 1. The number of benzene rings is 1. The predicted molar refractivity (Wildman–Crippen MR) is 83.8 cm³/mol. The number of nitrogens with two attached hydrogens (primary N) is 1. The quantitative estimate of drug-likeness (QED) is 0.655. The summed E-state index contributed by atoms with van der Waals surface area (Å²) in [6.07, 6.45) is 1.62. The van der Waals surface area contributed by atoms with Gasteiger partial charge in [-0.3, -0.25) is 4.79 Å². The highest BCUT2D eigenvalue weighted by Crippen LogP contribution is 2.28. The highest BCUT2D eigenvalue weighted by atomic mass is 16.2. The standard InChI is InChI=1S/C16H20N4O/c1-10-8-20(9-11(10)2)16(21)14-7-18-15(19-17)13-6-4-3-5-12(13)14/h3-7,10-11H,8-9,17H2,1-2H3,(H,18,19). The monoisotopic (exact) mass is 284 g/mol. The Hall–Kier alpha value is -2.14.